The molecule has 28 heavy (non-hydrogen) atoms. The quantitative estimate of drug-likeness (QED) is 0.364. The lowest BCUT2D eigenvalue weighted by atomic mass is 10.1. The van der Waals surface area contributed by atoms with E-state index in [0.29, 0.717) is 21.7 Å². The fourth-order valence-corrected chi connectivity index (χ4v) is 3.48. The van der Waals surface area contributed by atoms with Crippen molar-refractivity contribution in [3.8, 4) is 0 Å². The van der Waals surface area contributed by atoms with Gasteiger partial charge in [0, 0.05) is 6.54 Å². The first kappa shape index (κ1) is 19.4. The average molecular weight is 394 g/mol. The third-order valence-corrected chi connectivity index (χ3v) is 4.91. The molecule has 8 heteroatoms. The van der Waals surface area contributed by atoms with Gasteiger partial charge in [0.25, 0.3) is 11.5 Å². The van der Waals surface area contributed by atoms with Gasteiger partial charge in [-0.1, -0.05) is 42.1 Å². The first-order valence-electron chi connectivity index (χ1n) is 8.43. The third kappa shape index (κ3) is 4.12. The Labute approximate surface area is 165 Å². The van der Waals surface area contributed by atoms with E-state index in [9.17, 15) is 14.4 Å². The van der Waals surface area contributed by atoms with Crippen molar-refractivity contribution in [2.24, 2.45) is 5.73 Å². The number of rotatable bonds is 7. The topological polar surface area (TPSA) is 107 Å². The van der Waals surface area contributed by atoms with Crippen molar-refractivity contribution in [1.29, 1.82) is 0 Å². The predicted octanol–water partition coefficient (Wildman–Crippen LogP) is 2.41. The van der Waals surface area contributed by atoms with E-state index in [2.05, 4.69) is 16.9 Å². The SMILES string of the molecule is C=CCn1c(SCC(=O)Nc2ccccc2C(N)=O)nc2ccccc2c1=O. The summed E-state index contributed by atoms with van der Waals surface area (Å²) in [5.41, 5.74) is 6.28. The molecule has 3 aromatic rings. The van der Waals surface area contributed by atoms with Crippen LogP contribution in [0.25, 0.3) is 10.9 Å². The maximum absolute atomic E-state index is 12.7. The number of nitrogens with two attached hydrogens (primary N) is 1. The zero-order chi connectivity index (χ0) is 20.1. The number of primary amides is 1. The van der Waals surface area contributed by atoms with Crippen molar-refractivity contribution in [2.45, 2.75) is 11.7 Å². The van der Waals surface area contributed by atoms with Gasteiger partial charge in [-0.25, -0.2) is 4.98 Å². The Kier molecular flexibility index (Phi) is 5.90. The lowest BCUT2D eigenvalue weighted by Crippen LogP contribution is -2.24. The Morgan fingerprint density at radius 3 is 2.64 bits per heavy atom. The molecule has 0 unspecified atom stereocenters. The summed E-state index contributed by atoms with van der Waals surface area (Å²) in [6.07, 6.45) is 1.60. The second-order valence-corrected chi connectivity index (χ2v) is 6.81. The molecule has 3 rings (SSSR count). The van der Waals surface area contributed by atoms with Gasteiger partial charge in [0.2, 0.25) is 5.91 Å². The van der Waals surface area contributed by atoms with Crippen LogP contribution in [0.3, 0.4) is 0 Å². The molecule has 0 aliphatic heterocycles. The smallest absolute Gasteiger partial charge is 0.262 e. The van der Waals surface area contributed by atoms with Crippen molar-refractivity contribution >= 4 is 40.2 Å². The molecule has 0 aliphatic carbocycles. The summed E-state index contributed by atoms with van der Waals surface area (Å²) in [4.78, 5) is 41.0. The van der Waals surface area contributed by atoms with Crippen LogP contribution in [0.15, 0.2) is 71.1 Å². The zero-order valence-electron chi connectivity index (χ0n) is 14.9. The van der Waals surface area contributed by atoms with Crippen LogP contribution in [0.5, 0.6) is 0 Å². The second kappa shape index (κ2) is 8.53. The van der Waals surface area contributed by atoms with Gasteiger partial charge in [0.05, 0.1) is 27.9 Å². The van der Waals surface area contributed by atoms with Crippen molar-refractivity contribution in [1.82, 2.24) is 9.55 Å². The Hall–Kier alpha value is -3.39. The maximum Gasteiger partial charge on any atom is 0.262 e. The van der Waals surface area contributed by atoms with Crippen molar-refractivity contribution < 1.29 is 9.59 Å². The Morgan fingerprint density at radius 1 is 1.18 bits per heavy atom. The van der Waals surface area contributed by atoms with Crippen molar-refractivity contribution in [3.05, 3.63) is 77.1 Å². The van der Waals surface area contributed by atoms with Crippen LogP contribution in [0.2, 0.25) is 0 Å². The second-order valence-electron chi connectivity index (χ2n) is 5.86. The molecule has 0 aliphatic rings. The van der Waals surface area contributed by atoms with E-state index in [1.165, 1.54) is 10.6 Å². The Bertz CT molecular complexity index is 1120. The number of para-hydroxylation sites is 2. The van der Waals surface area contributed by atoms with Crippen molar-refractivity contribution in [2.75, 3.05) is 11.1 Å². The number of aromatic nitrogens is 2. The van der Waals surface area contributed by atoms with Crippen molar-refractivity contribution in [3.63, 3.8) is 0 Å². The minimum absolute atomic E-state index is 0.00895. The van der Waals surface area contributed by atoms with Gasteiger partial charge in [-0.15, -0.1) is 6.58 Å². The molecule has 0 saturated heterocycles. The highest BCUT2D eigenvalue weighted by Gasteiger charge is 2.14. The highest BCUT2D eigenvalue weighted by molar-refractivity contribution is 7.99. The number of carbonyl (C=O) groups excluding carboxylic acids is 2. The molecule has 7 nitrogen and oxygen atoms in total. The molecule has 2 aromatic carbocycles. The first-order valence-corrected chi connectivity index (χ1v) is 9.41. The largest absolute Gasteiger partial charge is 0.366 e. The van der Waals surface area contributed by atoms with E-state index in [-0.39, 0.29) is 29.3 Å². The monoisotopic (exact) mass is 394 g/mol. The third-order valence-electron chi connectivity index (χ3n) is 3.94. The summed E-state index contributed by atoms with van der Waals surface area (Å²) in [7, 11) is 0. The average Bonchev–Trinajstić information content (AvgIpc) is 2.69. The van der Waals surface area contributed by atoms with E-state index < -0.39 is 5.91 Å². The molecule has 0 radical (unpaired) electrons. The molecule has 142 valence electrons. The molecule has 1 aromatic heterocycles. The van der Waals surface area contributed by atoms with Crippen LogP contribution in [0, 0.1) is 0 Å². The molecular formula is C20H18N4O3S. The summed E-state index contributed by atoms with van der Waals surface area (Å²) in [5, 5.41) is 3.60. The minimum Gasteiger partial charge on any atom is -0.366 e. The van der Waals surface area contributed by atoms with E-state index in [1.54, 1.807) is 48.5 Å². The lowest BCUT2D eigenvalue weighted by molar-refractivity contribution is -0.113. The number of anilines is 1. The number of hydrogen-bond donors (Lipinski definition) is 2. The van der Waals surface area contributed by atoms with E-state index in [0.717, 1.165) is 11.8 Å². The standard InChI is InChI=1S/C20H18N4O3S/c1-2-11-24-19(27)14-8-4-6-10-16(14)23-20(24)28-12-17(25)22-15-9-5-3-7-13(15)18(21)26/h2-10H,1,11-12H2,(H2,21,26)(H,22,25). The van der Waals surface area contributed by atoms with Gasteiger partial charge in [-0.05, 0) is 24.3 Å². The van der Waals surface area contributed by atoms with E-state index in [4.69, 9.17) is 5.73 Å². The Balaban J connectivity index is 1.82. The van der Waals surface area contributed by atoms with Crippen LogP contribution < -0.4 is 16.6 Å². The van der Waals surface area contributed by atoms with Gasteiger partial charge < -0.3 is 11.1 Å². The van der Waals surface area contributed by atoms with E-state index in [1.807, 2.05) is 0 Å². The van der Waals surface area contributed by atoms with Crippen LogP contribution in [-0.4, -0.2) is 27.1 Å². The minimum atomic E-state index is -0.625. The summed E-state index contributed by atoms with van der Waals surface area (Å²) in [5.74, 6) is -0.958. The normalized spacial score (nSPS) is 10.6. The van der Waals surface area contributed by atoms with E-state index >= 15 is 0 Å². The summed E-state index contributed by atoms with van der Waals surface area (Å²) < 4.78 is 1.48. The van der Waals surface area contributed by atoms with Gasteiger partial charge in [-0.2, -0.15) is 0 Å². The molecule has 0 saturated carbocycles. The molecule has 0 spiro atoms. The molecule has 0 bridgehead atoms. The molecule has 0 fully saturated rings. The first-order chi connectivity index (χ1) is 13.5. The molecule has 1 heterocycles. The number of amides is 2. The fraction of sp³-hybridized carbons (Fsp3) is 0.100. The molecule has 3 N–H and O–H groups in total. The number of benzene rings is 2. The van der Waals surface area contributed by atoms with Gasteiger partial charge in [-0.3, -0.25) is 19.0 Å². The molecular weight excluding hydrogens is 376 g/mol. The number of allylic oxidation sites excluding steroid dienone is 1. The summed E-state index contributed by atoms with van der Waals surface area (Å²) in [6, 6.07) is 13.5. The summed E-state index contributed by atoms with van der Waals surface area (Å²) >= 11 is 1.13. The van der Waals surface area contributed by atoms with Gasteiger partial charge in [0.1, 0.15) is 0 Å². The number of fused-ring (bicyclic) bond motifs is 1. The molecule has 0 atom stereocenters. The predicted molar refractivity (Wildman–Crippen MR) is 111 cm³/mol. The Morgan fingerprint density at radius 2 is 1.89 bits per heavy atom. The molecule has 2 amide bonds. The fourth-order valence-electron chi connectivity index (χ4n) is 2.67. The van der Waals surface area contributed by atoms with Crippen LogP contribution in [0.4, 0.5) is 5.69 Å². The number of hydrogen-bond acceptors (Lipinski definition) is 5. The lowest BCUT2D eigenvalue weighted by Gasteiger charge is -2.12. The maximum atomic E-state index is 12.7. The van der Waals surface area contributed by atoms with Crippen LogP contribution in [0.1, 0.15) is 10.4 Å². The number of nitrogens with one attached hydrogen (secondary N) is 1. The highest BCUT2D eigenvalue weighted by atomic mass is 32.2. The zero-order valence-corrected chi connectivity index (χ0v) is 15.7. The van der Waals surface area contributed by atoms with Gasteiger partial charge >= 0.3 is 0 Å². The number of nitrogens with zero attached hydrogens (tertiary/aromatic N) is 2. The summed E-state index contributed by atoms with van der Waals surface area (Å²) in [6.45, 7) is 3.96. The highest BCUT2D eigenvalue weighted by Crippen LogP contribution is 2.19. The van der Waals surface area contributed by atoms with Gasteiger partial charge in [0.15, 0.2) is 5.16 Å². The number of thioether (sulfide) groups is 1. The van der Waals surface area contributed by atoms with Crippen LogP contribution >= 0.6 is 11.8 Å². The van der Waals surface area contributed by atoms with Crippen LogP contribution in [-0.2, 0) is 11.3 Å². The number of carbonyl (C=O) groups is 2.